The first-order valence-electron chi connectivity index (χ1n) is 7.91. The van der Waals surface area contributed by atoms with Gasteiger partial charge >= 0.3 is 0 Å². The lowest BCUT2D eigenvalue weighted by molar-refractivity contribution is -0.131. The van der Waals surface area contributed by atoms with Gasteiger partial charge in [0.05, 0.1) is 0 Å². The predicted molar refractivity (Wildman–Crippen MR) is 88.2 cm³/mol. The van der Waals surface area contributed by atoms with E-state index in [9.17, 15) is 4.79 Å². The Morgan fingerprint density at radius 3 is 2.95 bits per heavy atom. The van der Waals surface area contributed by atoms with Gasteiger partial charge in [0.1, 0.15) is 0 Å². The van der Waals surface area contributed by atoms with Gasteiger partial charge in [-0.25, -0.2) is 0 Å². The zero-order chi connectivity index (χ0) is 15.1. The van der Waals surface area contributed by atoms with Gasteiger partial charge in [0.2, 0.25) is 5.91 Å². The molecule has 1 aliphatic rings. The van der Waals surface area contributed by atoms with E-state index < -0.39 is 0 Å². The zero-order valence-electron chi connectivity index (χ0n) is 13.0. The normalized spacial score (nSPS) is 18.5. The molecule has 0 bridgehead atoms. The molecular weight excluding hydrogens is 282 g/mol. The first-order valence-corrected chi connectivity index (χ1v) is 8.79. The van der Waals surface area contributed by atoms with Crippen molar-refractivity contribution in [2.45, 2.75) is 32.7 Å². The highest BCUT2D eigenvalue weighted by molar-refractivity contribution is 7.09. The van der Waals surface area contributed by atoms with E-state index in [1.807, 2.05) is 16.2 Å². The van der Waals surface area contributed by atoms with E-state index in [-0.39, 0.29) is 0 Å². The number of nitrogens with zero attached hydrogens (tertiary/aromatic N) is 2. The Morgan fingerprint density at radius 2 is 2.24 bits per heavy atom. The minimum atomic E-state index is 0.299. The number of hydrogen-bond donors (Lipinski definition) is 1. The second-order valence-electron chi connectivity index (χ2n) is 5.97. The molecule has 1 aromatic heterocycles. The highest BCUT2D eigenvalue weighted by Crippen LogP contribution is 2.14. The van der Waals surface area contributed by atoms with Gasteiger partial charge in [0.25, 0.3) is 0 Å². The van der Waals surface area contributed by atoms with Crippen LogP contribution in [0.3, 0.4) is 0 Å². The van der Waals surface area contributed by atoms with E-state index in [1.165, 1.54) is 4.88 Å². The van der Waals surface area contributed by atoms with Gasteiger partial charge in [-0.1, -0.05) is 13.0 Å². The van der Waals surface area contributed by atoms with E-state index in [0.717, 1.165) is 45.6 Å². The molecule has 1 amide bonds. The average Bonchev–Trinajstić information content (AvgIpc) is 2.89. The summed E-state index contributed by atoms with van der Waals surface area (Å²) >= 11 is 1.81. The van der Waals surface area contributed by atoms with Crippen LogP contribution in [0.4, 0.5) is 0 Å². The number of thiophene rings is 1. The van der Waals surface area contributed by atoms with Gasteiger partial charge in [-0.15, -0.1) is 11.3 Å². The summed E-state index contributed by atoms with van der Waals surface area (Å²) in [5.74, 6) is 0.740. The highest BCUT2D eigenvalue weighted by Gasteiger charge is 2.19. The molecule has 2 N–H and O–H groups in total. The molecule has 118 valence electrons. The molecule has 1 unspecified atom stereocenters. The fourth-order valence-corrected chi connectivity index (χ4v) is 3.39. The Bertz CT molecular complexity index is 421. The summed E-state index contributed by atoms with van der Waals surface area (Å²) in [6.07, 6.45) is 2.62. The lowest BCUT2D eigenvalue weighted by Crippen LogP contribution is -2.35. The summed E-state index contributed by atoms with van der Waals surface area (Å²) in [6.45, 7) is 7.62. The Kier molecular flexibility index (Phi) is 6.67. The average molecular weight is 309 g/mol. The van der Waals surface area contributed by atoms with Crippen LogP contribution in [-0.4, -0.2) is 48.4 Å². The Labute approximate surface area is 131 Å². The van der Waals surface area contributed by atoms with E-state index in [1.54, 1.807) is 0 Å². The predicted octanol–water partition coefficient (Wildman–Crippen LogP) is 2.16. The van der Waals surface area contributed by atoms with Crippen molar-refractivity contribution in [1.29, 1.82) is 0 Å². The molecule has 0 aliphatic carbocycles. The Balaban J connectivity index is 1.76. The molecule has 1 aliphatic heterocycles. The van der Waals surface area contributed by atoms with Crippen LogP contribution in [0, 0.1) is 5.92 Å². The first-order chi connectivity index (χ1) is 10.2. The van der Waals surface area contributed by atoms with Crippen molar-refractivity contribution in [2.75, 3.05) is 32.7 Å². The van der Waals surface area contributed by atoms with Crippen LogP contribution in [0.5, 0.6) is 0 Å². The number of carbonyl (C=O) groups excluding carboxylic acids is 1. The second kappa shape index (κ2) is 8.51. The second-order valence-corrected chi connectivity index (χ2v) is 7.00. The van der Waals surface area contributed by atoms with Crippen LogP contribution in [0.15, 0.2) is 17.5 Å². The maximum Gasteiger partial charge on any atom is 0.222 e. The van der Waals surface area contributed by atoms with Gasteiger partial charge in [-0.3, -0.25) is 9.69 Å². The molecule has 0 aromatic carbocycles. The molecule has 0 saturated carbocycles. The molecule has 1 fully saturated rings. The monoisotopic (exact) mass is 309 g/mol. The number of amides is 1. The summed E-state index contributed by atoms with van der Waals surface area (Å²) in [5, 5.41) is 2.13. The third-order valence-corrected chi connectivity index (χ3v) is 5.02. The van der Waals surface area contributed by atoms with Crippen molar-refractivity contribution in [3.05, 3.63) is 22.4 Å². The van der Waals surface area contributed by atoms with Crippen molar-refractivity contribution >= 4 is 17.2 Å². The van der Waals surface area contributed by atoms with Crippen molar-refractivity contribution in [1.82, 2.24) is 9.80 Å². The molecule has 2 heterocycles. The van der Waals surface area contributed by atoms with Crippen LogP contribution in [0.1, 0.15) is 31.1 Å². The SMILES string of the molecule is CC(CN)CCC(=O)N1CCCN(Cc2cccs2)CC1. The lowest BCUT2D eigenvalue weighted by atomic mass is 10.1. The number of rotatable bonds is 6. The molecule has 2 rings (SSSR count). The summed E-state index contributed by atoms with van der Waals surface area (Å²) in [5.41, 5.74) is 5.61. The minimum Gasteiger partial charge on any atom is -0.341 e. The number of hydrogen-bond acceptors (Lipinski definition) is 4. The van der Waals surface area contributed by atoms with Gasteiger partial charge in [0, 0.05) is 44.0 Å². The summed E-state index contributed by atoms with van der Waals surface area (Å²) in [4.78, 5) is 18.2. The van der Waals surface area contributed by atoms with Crippen LogP contribution >= 0.6 is 11.3 Å². The van der Waals surface area contributed by atoms with Crippen LogP contribution in [-0.2, 0) is 11.3 Å². The number of nitrogens with two attached hydrogens (primary N) is 1. The zero-order valence-corrected chi connectivity index (χ0v) is 13.8. The van der Waals surface area contributed by atoms with E-state index in [0.29, 0.717) is 24.8 Å². The molecule has 1 aromatic rings. The van der Waals surface area contributed by atoms with Crippen LogP contribution in [0.25, 0.3) is 0 Å². The molecule has 5 heteroatoms. The molecule has 1 saturated heterocycles. The third-order valence-electron chi connectivity index (χ3n) is 4.15. The summed E-state index contributed by atoms with van der Waals surface area (Å²) < 4.78 is 0. The first kappa shape index (κ1) is 16.5. The Morgan fingerprint density at radius 1 is 1.38 bits per heavy atom. The minimum absolute atomic E-state index is 0.299. The smallest absolute Gasteiger partial charge is 0.222 e. The van der Waals surface area contributed by atoms with Gasteiger partial charge in [-0.2, -0.15) is 0 Å². The highest BCUT2D eigenvalue weighted by atomic mass is 32.1. The van der Waals surface area contributed by atoms with Crippen LogP contribution < -0.4 is 5.73 Å². The van der Waals surface area contributed by atoms with Gasteiger partial charge in [-0.05, 0) is 36.8 Å². The largest absolute Gasteiger partial charge is 0.341 e. The van der Waals surface area contributed by atoms with Gasteiger partial charge < -0.3 is 10.6 Å². The fourth-order valence-electron chi connectivity index (χ4n) is 2.65. The fraction of sp³-hybridized carbons (Fsp3) is 0.688. The molecule has 4 nitrogen and oxygen atoms in total. The summed E-state index contributed by atoms with van der Waals surface area (Å²) in [7, 11) is 0. The quantitative estimate of drug-likeness (QED) is 0.876. The molecule has 0 spiro atoms. The van der Waals surface area contributed by atoms with Gasteiger partial charge in [0.15, 0.2) is 0 Å². The standard InChI is InChI=1S/C16H27N3OS/c1-14(12-17)5-6-16(20)19-8-3-7-18(9-10-19)13-15-4-2-11-21-15/h2,4,11,14H,3,5-10,12-13,17H2,1H3. The van der Waals surface area contributed by atoms with Crippen molar-refractivity contribution in [2.24, 2.45) is 11.7 Å². The molecule has 21 heavy (non-hydrogen) atoms. The maximum absolute atomic E-state index is 12.3. The van der Waals surface area contributed by atoms with Crippen LogP contribution in [0.2, 0.25) is 0 Å². The van der Waals surface area contributed by atoms with Crippen molar-refractivity contribution in [3.63, 3.8) is 0 Å². The maximum atomic E-state index is 12.3. The topological polar surface area (TPSA) is 49.6 Å². The molecule has 1 atom stereocenters. The molecule has 0 radical (unpaired) electrons. The summed E-state index contributed by atoms with van der Waals surface area (Å²) in [6, 6.07) is 4.29. The van der Waals surface area contributed by atoms with E-state index >= 15 is 0 Å². The van der Waals surface area contributed by atoms with Crippen molar-refractivity contribution < 1.29 is 4.79 Å². The van der Waals surface area contributed by atoms with E-state index in [2.05, 4.69) is 29.3 Å². The number of carbonyl (C=O) groups is 1. The Hall–Kier alpha value is -0.910. The molecular formula is C16H27N3OS. The van der Waals surface area contributed by atoms with Crippen molar-refractivity contribution in [3.8, 4) is 0 Å². The van der Waals surface area contributed by atoms with E-state index in [4.69, 9.17) is 5.73 Å². The lowest BCUT2D eigenvalue weighted by Gasteiger charge is -2.22. The third kappa shape index (κ3) is 5.41.